The number of aryl methyl sites for hydroxylation is 2. The molecule has 2 unspecified atom stereocenters. The van der Waals surface area contributed by atoms with Crippen LogP contribution in [-0.2, 0) is 9.59 Å². The highest BCUT2D eigenvalue weighted by Crippen LogP contribution is 2.24. The highest BCUT2D eigenvalue weighted by molar-refractivity contribution is 8.15. The number of hydrogen-bond donors (Lipinski definition) is 2. The van der Waals surface area contributed by atoms with Gasteiger partial charge in [-0.1, -0.05) is 36.4 Å². The van der Waals surface area contributed by atoms with E-state index in [9.17, 15) is 9.59 Å². The molecule has 1 aromatic carbocycles. The van der Waals surface area contributed by atoms with Crippen molar-refractivity contribution in [2.75, 3.05) is 5.32 Å². The molecule has 6 heteroatoms. The van der Waals surface area contributed by atoms with Crippen molar-refractivity contribution in [2.24, 2.45) is 4.99 Å². The lowest BCUT2D eigenvalue weighted by Crippen LogP contribution is -2.28. The molecular formula is C17H23N3O2S. The van der Waals surface area contributed by atoms with Gasteiger partial charge in [0, 0.05) is 18.2 Å². The number of amidine groups is 1. The van der Waals surface area contributed by atoms with Crippen molar-refractivity contribution in [3.8, 4) is 0 Å². The number of nitrogens with zero attached hydrogens (tertiary/aromatic N) is 1. The summed E-state index contributed by atoms with van der Waals surface area (Å²) < 4.78 is 0. The van der Waals surface area contributed by atoms with Crippen LogP contribution in [0.25, 0.3) is 0 Å². The average Bonchev–Trinajstić information content (AvgIpc) is 2.81. The van der Waals surface area contributed by atoms with E-state index in [1.165, 1.54) is 11.8 Å². The highest BCUT2D eigenvalue weighted by atomic mass is 32.2. The number of anilines is 1. The van der Waals surface area contributed by atoms with Gasteiger partial charge >= 0.3 is 0 Å². The minimum atomic E-state index is -0.413. The Bertz CT molecular complexity index is 643. The zero-order valence-corrected chi connectivity index (χ0v) is 14.8. The van der Waals surface area contributed by atoms with Crippen LogP contribution in [0.4, 0.5) is 5.69 Å². The fourth-order valence-corrected chi connectivity index (χ4v) is 3.29. The zero-order valence-electron chi connectivity index (χ0n) is 14.0. The Morgan fingerprint density at radius 2 is 2.17 bits per heavy atom. The van der Waals surface area contributed by atoms with Crippen LogP contribution in [0.2, 0.25) is 0 Å². The van der Waals surface area contributed by atoms with Gasteiger partial charge in [0.1, 0.15) is 5.25 Å². The van der Waals surface area contributed by atoms with E-state index in [1.54, 1.807) is 0 Å². The maximum absolute atomic E-state index is 12.2. The smallest absolute Gasteiger partial charge is 0.240 e. The van der Waals surface area contributed by atoms with E-state index in [4.69, 9.17) is 0 Å². The summed E-state index contributed by atoms with van der Waals surface area (Å²) >= 11 is 1.34. The second-order valence-electron chi connectivity index (χ2n) is 5.86. The van der Waals surface area contributed by atoms with E-state index < -0.39 is 5.25 Å². The fraction of sp³-hybridized carbons (Fsp3) is 0.471. The minimum absolute atomic E-state index is 0.142. The summed E-state index contributed by atoms with van der Waals surface area (Å²) in [4.78, 5) is 28.6. The molecule has 2 rings (SSSR count). The summed E-state index contributed by atoms with van der Waals surface area (Å²) in [6.07, 6.45) is 1.06. The molecule has 1 aromatic rings. The van der Waals surface area contributed by atoms with E-state index in [1.807, 2.05) is 45.9 Å². The maximum atomic E-state index is 12.2. The molecular weight excluding hydrogens is 310 g/mol. The van der Waals surface area contributed by atoms with Gasteiger partial charge in [0.15, 0.2) is 5.17 Å². The molecule has 0 spiro atoms. The van der Waals surface area contributed by atoms with E-state index in [-0.39, 0.29) is 24.3 Å². The monoisotopic (exact) mass is 333 g/mol. The summed E-state index contributed by atoms with van der Waals surface area (Å²) in [6.45, 7) is 8.01. The van der Waals surface area contributed by atoms with Gasteiger partial charge in [-0.2, -0.15) is 0 Å². The number of benzene rings is 1. The summed E-state index contributed by atoms with van der Waals surface area (Å²) in [7, 11) is 0. The Hall–Kier alpha value is -1.82. The number of hydrogen-bond acceptors (Lipinski definition) is 4. The first-order chi connectivity index (χ1) is 10.9. The molecule has 1 aliphatic heterocycles. The standard InChI is InChI=1S/C17H23N3O2S/c1-5-12(4)18-17-20-16(22)14(23-17)9-15(21)19-13-7-6-10(2)8-11(13)3/h6-8,12,14H,5,9H2,1-4H3,(H,19,21)(H,18,20,22). The molecule has 1 fully saturated rings. The lowest BCUT2D eigenvalue weighted by atomic mass is 10.1. The van der Waals surface area contributed by atoms with Crippen LogP contribution in [-0.4, -0.2) is 28.3 Å². The number of nitrogens with one attached hydrogen (secondary N) is 2. The van der Waals surface area contributed by atoms with Crippen LogP contribution >= 0.6 is 11.8 Å². The number of carbonyl (C=O) groups is 2. The van der Waals surface area contributed by atoms with Gasteiger partial charge in [0.25, 0.3) is 0 Å². The molecule has 124 valence electrons. The quantitative estimate of drug-likeness (QED) is 0.870. The SMILES string of the molecule is CCC(C)N=C1NC(=O)C(CC(=O)Nc2ccc(C)cc2C)S1. The van der Waals surface area contributed by atoms with Gasteiger partial charge in [-0.15, -0.1) is 0 Å². The normalized spacial score (nSPS) is 20.4. The Balaban J connectivity index is 1.95. The number of amides is 2. The zero-order chi connectivity index (χ0) is 17.0. The maximum Gasteiger partial charge on any atom is 0.240 e. The largest absolute Gasteiger partial charge is 0.326 e. The Kier molecular flexibility index (Phi) is 5.82. The number of carbonyl (C=O) groups excluding carboxylic acids is 2. The van der Waals surface area contributed by atoms with Crippen molar-refractivity contribution >= 4 is 34.4 Å². The molecule has 23 heavy (non-hydrogen) atoms. The molecule has 2 atom stereocenters. The van der Waals surface area contributed by atoms with Gasteiger partial charge in [0.05, 0.1) is 0 Å². The summed E-state index contributed by atoms with van der Waals surface area (Å²) in [5.74, 6) is -0.303. The predicted molar refractivity (Wildman–Crippen MR) is 95.9 cm³/mol. The molecule has 2 amide bonds. The van der Waals surface area contributed by atoms with Crippen LogP contribution in [0, 0.1) is 13.8 Å². The second-order valence-corrected chi connectivity index (χ2v) is 7.05. The first kappa shape index (κ1) is 17.5. The third-order valence-corrected chi connectivity index (χ3v) is 4.83. The first-order valence-corrected chi connectivity index (χ1v) is 8.69. The molecule has 0 aliphatic carbocycles. The fourth-order valence-electron chi connectivity index (χ4n) is 2.22. The number of rotatable bonds is 5. The van der Waals surface area contributed by atoms with Crippen molar-refractivity contribution in [3.05, 3.63) is 29.3 Å². The predicted octanol–water partition coefficient (Wildman–Crippen LogP) is 3.02. The van der Waals surface area contributed by atoms with Gasteiger partial charge in [-0.25, -0.2) is 0 Å². The van der Waals surface area contributed by atoms with Crippen LogP contribution in [0.1, 0.15) is 37.8 Å². The third kappa shape index (κ3) is 4.82. The average molecular weight is 333 g/mol. The van der Waals surface area contributed by atoms with Crippen LogP contribution in [0.5, 0.6) is 0 Å². The summed E-state index contributed by atoms with van der Waals surface area (Å²) in [5, 5.41) is 5.84. The van der Waals surface area contributed by atoms with Crippen molar-refractivity contribution in [1.82, 2.24) is 5.32 Å². The first-order valence-electron chi connectivity index (χ1n) is 7.81. The molecule has 1 aliphatic rings. The molecule has 1 saturated heterocycles. The minimum Gasteiger partial charge on any atom is -0.326 e. The van der Waals surface area contributed by atoms with Crippen molar-refractivity contribution in [2.45, 2.75) is 51.8 Å². The molecule has 0 saturated carbocycles. The van der Waals surface area contributed by atoms with Gasteiger partial charge in [-0.3, -0.25) is 14.6 Å². The highest BCUT2D eigenvalue weighted by Gasteiger charge is 2.32. The molecule has 2 N–H and O–H groups in total. The molecule has 1 heterocycles. The summed E-state index contributed by atoms with van der Waals surface area (Å²) in [6, 6.07) is 6.03. The number of thioether (sulfide) groups is 1. The lowest BCUT2D eigenvalue weighted by molar-refractivity contribution is -0.122. The molecule has 0 aromatic heterocycles. The molecule has 0 bridgehead atoms. The van der Waals surface area contributed by atoms with E-state index >= 15 is 0 Å². The van der Waals surface area contributed by atoms with Crippen LogP contribution in [0.3, 0.4) is 0 Å². The topological polar surface area (TPSA) is 70.6 Å². The summed E-state index contributed by atoms with van der Waals surface area (Å²) in [5.41, 5.74) is 2.95. The van der Waals surface area contributed by atoms with Gasteiger partial charge < -0.3 is 10.6 Å². The molecule has 0 radical (unpaired) electrons. The van der Waals surface area contributed by atoms with Crippen molar-refractivity contribution < 1.29 is 9.59 Å². The van der Waals surface area contributed by atoms with E-state index in [0.29, 0.717) is 5.17 Å². The third-order valence-electron chi connectivity index (χ3n) is 3.73. The van der Waals surface area contributed by atoms with Crippen LogP contribution in [0.15, 0.2) is 23.2 Å². The van der Waals surface area contributed by atoms with Crippen LogP contribution < -0.4 is 10.6 Å². The Morgan fingerprint density at radius 3 is 2.83 bits per heavy atom. The molecule has 5 nitrogen and oxygen atoms in total. The van der Waals surface area contributed by atoms with Crippen molar-refractivity contribution in [1.29, 1.82) is 0 Å². The Morgan fingerprint density at radius 1 is 1.43 bits per heavy atom. The lowest BCUT2D eigenvalue weighted by Gasteiger charge is -2.10. The van der Waals surface area contributed by atoms with E-state index in [2.05, 4.69) is 15.6 Å². The van der Waals surface area contributed by atoms with Gasteiger partial charge in [-0.05, 0) is 38.8 Å². The van der Waals surface area contributed by atoms with E-state index in [0.717, 1.165) is 23.2 Å². The van der Waals surface area contributed by atoms with Gasteiger partial charge in [0.2, 0.25) is 11.8 Å². The van der Waals surface area contributed by atoms with Crippen molar-refractivity contribution in [3.63, 3.8) is 0 Å². The Labute approximate surface area is 141 Å². The number of aliphatic imine (C=N–C) groups is 1. The second kappa shape index (κ2) is 7.64.